The first kappa shape index (κ1) is 14.1. The summed E-state index contributed by atoms with van der Waals surface area (Å²) in [5.74, 6) is 0.799. The fraction of sp³-hybridized carbons (Fsp3) is 0.357. The Hall–Kier alpha value is -1.33. The lowest BCUT2D eigenvalue weighted by Gasteiger charge is -2.08. The van der Waals surface area contributed by atoms with Crippen LogP contribution in [0.4, 0.5) is 0 Å². The van der Waals surface area contributed by atoms with Crippen LogP contribution < -0.4 is 10.1 Å². The fourth-order valence-electron chi connectivity index (χ4n) is 1.78. The lowest BCUT2D eigenvalue weighted by molar-refractivity contribution is 0.305. The van der Waals surface area contributed by atoms with Crippen molar-refractivity contribution in [3.8, 4) is 5.75 Å². The van der Waals surface area contributed by atoms with E-state index in [4.69, 9.17) is 4.74 Å². The molecule has 1 aromatic carbocycles. The minimum atomic E-state index is 0.538. The van der Waals surface area contributed by atoms with Gasteiger partial charge in [-0.2, -0.15) is 5.10 Å². The molecule has 1 heterocycles. The Bertz CT molecular complexity index is 539. The number of halogens is 1. The highest BCUT2D eigenvalue weighted by atomic mass is 79.9. The van der Waals surface area contributed by atoms with E-state index in [0.717, 1.165) is 28.9 Å². The first-order valence-electron chi connectivity index (χ1n) is 6.30. The Morgan fingerprint density at radius 1 is 1.42 bits per heavy atom. The molecule has 1 aromatic heterocycles. The Balaban J connectivity index is 1.99. The number of hydrogen-bond donors (Lipinski definition) is 1. The van der Waals surface area contributed by atoms with Crippen molar-refractivity contribution in [3.63, 3.8) is 0 Å². The molecule has 0 saturated carbocycles. The van der Waals surface area contributed by atoms with E-state index in [-0.39, 0.29) is 0 Å². The summed E-state index contributed by atoms with van der Waals surface area (Å²) >= 11 is 3.58. The number of rotatable bonds is 6. The zero-order valence-corrected chi connectivity index (χ0v) is 12.8. The molecule has 0 bridgehead atoms. The van der Waals surface area contributed by atoms with Gasteiger partial charge in [0.15, 0.2) is 5.75 Å². The van der Waals surface area contributed by atoms with Crippen molar-refractivity contribution >= 4 is 15.9 Å². The second kappa shape index (κ2) is 6.73. The van der Waals surface area contributed by atoms with Crippen LogP contribution in [-0.4, -0.2) is 16.8 Å². The maximum Gasteiger partial charge on any atom is 0.157 e. The van der Waals surface area contributed by atoms with Crippen molar-refractivity contribution in [2.24, 2.45) is 0 Å². The van der Waals surface area contributed by atoms with E-state index in [1.165, 1.54) is 5.56 Å². The average Bonchev–Trinajstić information content (AvgIpc) is 2.86. The summed E-state index contributed by atoms with van der Waals surface area (Å²) in [6, 6.07) is 6.31. The summed E-state index contributed by atoms with van der Waals surface area (Å²) in [5.41, 5.74) is 2.38. The van der Waals surface area contributed by atoms with Gasteiger partial charge >= 0.3 is 0 Å². The number of benzene rings is 1. The van der Waals surface area contributed by atoms with Gasteiger partial charge in [0.2, 0.25) is 0 Å². The molecule has 102 valence electrons. The van der Waals surface area contributed by atoms with E-state index in [0.29, 0.717) is 6.61 Å². The zero-order valence-electron chi connectivity index (χ0n) is 11.2. The molecular weight excluding hydrogens is 306 g/mol. The number of ether oxygens (including phenoxy) is 1. The third-order valence-corrected chi connectivity index (χ3v) is 3.56. The summed E-state index contributed by atoms with van der Waals surface area (Å²) in [7, 11) is 1.94. The smallest absolute Gasteiger partial charge is 0.157 e. The zero-order chi connectivity index (χ0) is 13.7. The molecule has 5 heteroatoms. The monoisotopic (exact) mass is 323 g/mol. The Kier molecular flexibility index (Phi) is 4.99. The van der Waals surface area contributed by atoms with Crippen LogP contribution in [-0.2, 0) is 19.7 Å². The van der Waals surface area contributed by atoms with Gasteiger partial charge in [0.25, 0.3) is 0 Å². The van der Waals surface area contributed by atoms with Crippen molar-refractivity contribution in [1.29, 1.82) is 0 Å². The molecule has 1 N–H and O–H groups in total. The van der Waals surface area contributed by atoms with E-state index >= 15 is 0 Å². The van der Waals surface area contributed by atoms with E-state index < -0.39 is 0 Å². The standard InChI is InChI=1S/C14H18BrN3O/c1-3-18-9-13(8-17-18)19-10-12-5-4-11(7-16-2)6-14(12)15/h4-6,8-9,16H,3,7,10H2,1-2H3. The first-order chi connectivity index (χ1) is 9.22. The number of aryl methyl sites for hydroxylation is 1. The Morgan fingerprint density at radius 2 is 2.26 bits per heavy atom. The number of hydrogen-bond acceptors (Lipinski definition) is 3. The molecule has 2 aromatic rings. The van der Waals surface area contributed by atoms with Crippen LogP contribution in [0.5, 0.6) is 5.75 Å². The molecule has 0 aliphatic heterocycles. The van der Waals surface area contributed by atoms with Crippen molar-refractivity contribution < 1.29 is 4.74 Å². The third kappa shape index (κ3) is 3.81. The molecule has 0 amide bonds. The minimum absolute atomic E-state index is 0.538. The molecule has 0 saturated heterocycles. The van der Waals surface area contributed by atoms with Gasteiger partial charge in [-0.25, -0.2) is 0 Å². The summed E-state index contributed by atoms with van der Waals surface area (Å²) < 4.78 is 8.65. The van der Waals surface area contributed by atoms with Gasteiger partial charge in [-0.05, 0) is 25.6 Å². The van der Waals surface area contributed by atoms with Gasteiger partial charge in [0, 0.05) is 23.1 Å². The molecule has 2 rings (SSSR count). The molecule has 0 radical (unpaired) electrons. The van der Waals surface area contributed by atoms with Gasteiger partial charge in [-0.15, -0.1) is 0 Å². The highest BCUT2D eigenvalue weighted by Gasteiger charge is 2.04. The Morgan fingerprint density at radius 3 is 2.89 bits per heavy atom. The van der Waals surface area contributed by atoms with Gasteiger partial charge in [-0.3, -0.25) is 4.68 Å². The fourth-order valence-corrected chi connectivity index (χ4v) is 2.32. The molecule has 0 spiro atoms. The van der Waals surface area contributed by atoms with Crippen molar-refractivity contribution in [3.05, 3.63) is 46.2 Å². The maximum atomic E-state index is 5.73. The SMILES string of the molecule is CCn1cc(OCc2ccc(CNC)cc2Br)cn1. The molecule has 0 aliphatic rings. The molecular formula is C14H18BrN3O. The van der Waals surface area contributed by atoms with Gasteiger partial charge < -0.3 is 10.1 Å². The topological polar surface area (TPSA) is 39.1 Å². The highest BCUT2D eigenvalue weighted by Crippen LogP contribution is 2.21. The number of nitrogens with one attached hydrogen (secondary N) is 1. The second-order valence-corrected chi connectivity index (χ2v) is 5.13. The summed E-state index contributed by atoms with van der Waals surface area (Å²) in [4.78, 5) is 0. The quantitative estimate of drug-likeness (QED) is 0.888. The highest BCUT2D eigenvalue weighted by molar-refractivity contribution is 9.10. The van der Waals surface area contributed by atoms with Crippen molar-refractivity contribution in [2.45, 2.75) is 26.6 Å². The van der Waals surface area contributed by atoms with Crippen molar-refractivity contribution in [2.75, 3.05) is 7.05 Å². The lowest BCUT2D eigenvalue weighted by Crippen LogP contribution is -2.05. The molecule has 0 unspecified atom stereocenters. The van der Waals surface area contributed by atoms with Crippen LogP contribution in [0.15, 0.2) is 35.1 Å². The maximum absolute atomic E-state index is 5.73. The van der Waals surface area contributed by atoms with E-state index in [2.05, 4.69) is 44.5 Å². The van der Waals surface area contributed by atoms with Crippen LogP contribution in [0, 0.1) is 0 Å². The van der Waals surface area contributed by atoms with Gasteiger partial charge in [0.05, 0.1) is 12.4 Å². The third-order valence-electron chi connectivity index (χ3n) is 2.83. The number of aromatic nitrogens is 2. The van der Waals surface area contributed by atoms with E-state index in [1.54, 1.807) is 6.20 Å². The second-order valence-electron chi connectivity index (χ2n) is 4.28. The minimum Gasteiger partial charge on any atom is -0.486 e. The predicted octanol–water partition coefficient (Wildman–Crippen LogP) is 2.96. The molecule has 0 aliphatic carbocycles. The van der Waals surface area contributed by atoms with Crippen LogP contribution >= 0.6 is 15.9 Å². The molecule has 4 nitrogen and oxygen atoms in total. The first-order valence-corrected chi connectivity index (χ1v) is 7.09. The summed E-state index contributed by atoms with van der Waals surface area (Å²) in [5, 5.41) is 7.31. The van der Waals surface area contributed by atoms with Gasteiger partial charge in [0.1, 0.15) is 6.61 Å². The van der Waals surface area contributed by atoms with Crippen LogP contribution in [0.2, 0.25) is 0 Å². The Labute approximate surface area is 121 Å². The van der Waals surface area contributed by atoms with Crippen molar-refractivity contribution in [1.82, 2.24) is 15.1 Å². The lowest BCUT2D eigenvalue weighted by atomic mass is 10.1. The van der Waals surface area contributed by atoms with Crippen LogP contribution in [0.1, 0.15) is 18.1 Å². The molecule has 0 fully saturated rings. The largest absolute Gasteiger partial charge is 0.486 e. The van der Waals surface area contributed by atoms with E-state index in [1.807, 2.05) is 24.9 Å². The predicted molar refractivity (Wildman–Crippen MR) is 79.1 cm³/mol. The van der Waals surface area contributed by atoms with Crippen LogP contribution in [0.25, 0.3) is 0 Å². The molecule has 19 heavy (non-hydrogen) atoms. The molecule has 0 atom stereocenters. The summed E-state index contributed by atoms with van der Waals surface area (Å²) in [6.45, 7) is 4.30. The number of nitrogens with zero attached hydrogens (tertiary/aromatic N) is 2. The normalized spacial score (nSPS) is 10.7. The average molecular weight is 324 g/mol. The van der Waals surface area contributed by atoms with Crippen LogP contribution in [0.3, 0.4) is 0 Å². The van der Waals surface area contributed by atoms with Gasteiger partial charge in [-0.1, -0.05) is 28.1 Å². The summed E-state index contributed by atoms with van der Waals surface area (Å²) in [6.07, 6.45) is 3.65. The van der Waals surface area contributed by atoms with E-state index in [9.17, 15) is 0 Å².